The summed E-state index contributed by atoms with van der Waals surface area (Å²) in [4.78, 5) is 14.4. The number of aliphatic hydroxyl groups is 1. The Morgan fingerprint density at radius 3 is 2.26 bits per heavy atom. The van der Waals surface area contributed by atoms with Crippen molar-refractivity contribution in [2.75, 3.05) is 0 Å². The largest absolute Gasteiger partial charge is 0.511 e. The van der Waals surface area contributed by atoms with Crippen molar-refractivity contribution in [2.45, 2.75) is 106 Å². The van der Waals surface area contributed by atoms with E-state index in [9.17, 15) is 15.2 Å². The third kappa shape index (κ3) is 2.98. The molecule has 0 aromatic rings. The predicted octanol–water partition coefficient (Wildman–Crippen LogP) is 8.18. The van der Waals surface area contributed by atoms with Gasteiger partial charge in [-0.1, -0.05) is 54.5 Å². The number of nitriles is 1. The maximum absolute atomic E-state index is 14.4. The Balaban J connectivity index is 1.62. The second kappa shape index (κ2) is 7.26. The zero-order valence-corrected chi connectivity index (χ0v) is 23.3. The molecule has 0 heterocycles. The Hall–Kier alpha value is -1.56. The van der Waals surface area contributed by atoms with Gasteiger partial charge in [0.15, 0.2) is 0 Å². The van der Waals surface area contributed by atoms with Gasteiger partial charge >= 0.3 is 0 Å². The van der Waals surface area contributed by atoms with Crippen LogP contribution in [0.15, 0.2) is 24.0 Å². The van der Waals surface area contributed by atoms with Crippen molar-refractivity contribution in [1.82, 2.24) is 0 Å². The Morgan fingerprint density at radius 2 is 1.63 bits per heavy atom. The van der Waals surface area contributed by atoms with Crippen molar-refractivity contribution in [1.29, 1.82) is 5.26 Å². The quantitative estimate of drug-likeness (QED) is 0.387. The normalized spacial score (nSPS) is 50.2. The molecule has 0 unspecified atom stereocenters. The second-order valence-electron chi connectivity index (χ2n) is 15.4. The molecule has 0 saturated heterocycles. The summed E-state index contributed by atoms with van der Waals surface area (Å²) in [6.45, 7) is 20.7. The summed E-state index contributed by atoms with van der Waals surface area (Å²) in [5, 5.41) is 21.0. The highest BCUT2D eigenvalue weighted by molar-refractivity contribution is 5.84. The first kappa shape index (κ1) is 25.1. The van der Waals surface area contributed by atoms with Crippen molar-refractivity contribution in [3.8, 4) is 6.07 Å². The summed E-state index contributed by atoms with van der Waals surface area (Å²) in [7, 11) is 0. The van der Waals surface area contributed by atoms with Crippen LogP contribution in [0.5, 0.6) is 0 Å². The number of carbonyl (C=O) groups is 1. The first-order valence-electron chi connectivity index (χ1n) is 14.1. The molecule has 0 aromatic heterocycles. The van der Waals surface area contributed by atoms with Crippen LogP contribution < -0.4 is 0 Å². The van der Waals surface area contributed by atoms with Gasteiger partial charge in [0.1, 0.15) is 11.5 Å². The van der Waals surface area contributed by atoms with E-state index in [4.69, 9.17) is 0 Å². The fourth-order valence-electron chi connectivity index (χ4n) is 11.0. The highest BCUT2D eigenvalue weighted by Gasteiger charge is 2.71. The lowest BCUT2D eigenvalue weighted by atomic mass is 9.31. The van der Waals surface area contributed by atoms with Crippen molar-refractivity contribution in [3.63, 3.8) is 0 Å². The van der Waals surface area contributed by atoms with E-state index in [1.54, 1.807) is 0 Å². The average Bonchev–Trinajstić information content (AvgIpc) is 2.77. The first-order valence-corrected chi connectivity index (χ1v) is 14.1. The number of fused-ring (bicyclic) bond motifs is 7. The summed E-state index contributed by atoms with van der Waals surface area (Å²) in [6, 6.07) is 2.35. The minimum absolute atomic E-state index is 0.0360. The Morgan fingerprint density at radius 1 is 0.971 bits per heavy atom. The van der Waals surface area contributed by atoms with Crippen LogP contribution in [-0.4, -0.2) is 10.9 Å². The number of ketones is 1. The van der Waals surface area contributed by atoms with Gasteiger partial charge in [-0.2, -0.15) is 5.26 Å². The van der Waals surface area contributed by atoms with Crippen molar-refractivity contribution < 1.29 is 9.90 Å². The number of nitrogens with zero attached hydrogens (tertiary/aromatic N) is 1. The van der Waals surface area contributed by atoms with Crippen LogP contribution in [0.3, 0.4) is 0 Å². The van der Waals surface area contributed by atoms with Crippen LogP contribution >= 0.6 is 0 Å². The minimum atomic E-state index is -0.432. The topological polar surface area (TPSA) is 61.1 Å². The van der Waals surface area contributed by atoms with Crippen LogP contribution in [-0.2, 0) is 4.79 Å². The molecule has 35 heavy (non-hydrogen) atoms. The fourth-order valence-corrected chi connectivity index (χ4v) is 11.0. The summed E-state index contributed by atoms with van der Waals surface area (Å²) in [6.07, 6.45) is 11.4. The highest BCUT2D eigenvalue weighted by Crippen LogP contribution is 2.76. The van der Waals surface area contributed by atoms with Crippen molar-refractivity contribution in [3.05, 3.63) is 24.0 Å². The van der Waals surface area contributed by atoms with Gasteiger partial charge in [-0.05, 0) is 96.2 Å². The molecule has 5 rings (SSSR count). The highest BCUT2D eigenvalue weighted by atomic mass is 16.3. The van der Waals surface area contributed by atoms with Gasteiger partial charge in [-0.25, -0.2) is 0 Å². The third-order valence-corrected chi connectivity index (χ3v) is 13.2. The van der Waals surface area contributed by atoms with Crippen molar-refractivity contribution >= 4 is 5.78 Å². The summed E-state index contributed by atoms with van der Waals surface area (Å²) < 4.78 is 0. The number of hydrogen-bond acceptors (Lipinski definition) is 3. The molecular formula is C32H47NO2. The van der Waals surface area contributed by atoms with E-state index in [2.05, 4.69) is 67.2 Å². The maximum Gasteiger partial charge on any atom is 0.137 e. The molecule has 5 aliphatic rings. The maximum atomic E-state index is 14.4. The summed E-state index contributed by atoms with van der Waals surface area (Å²) in [5.74, 6) is 1.77. The molecule has 0 aromatic carbocycles. The van der Waals surface area contributed by atoms with E-state index in [0.29, 0.717) is 30.1 Å². The van der Waals surface area contributed by atoms with Crippen LogP contribution in [0.2, 0.25) is 0 Å². The number of rotatable bonds is 1. The number of carbonyl (C=O) groups excluding carboxylic acids is 1. The van der Waals surface area contributed by atoms with Crippen LogP contribution in [0.1, 0.15) is 106 Å². The molecule has 4 fully saturated rings. The van der Waals surface area contributed by atoms with E-state index in [1.807, 2.05) is 0 Å². The van der Waals surface area contributed by atoms with Gasteiger partial charge in [0.2, 0.25) is 0 Å². The molecule has 0 aliphatic heterocycles. The molecule has 0 spiro atoms. The zero-order chi connectivity index (χ0) is 25.8. The predicted molar refractivity (Wildman–Crippen MR) is 140 cm³/mol. The summed E-state index contributed by atoms with van der Waals surface area (Å²) in [5.41, 5.74) is 0.347. The molecule has 0 radical (unpaired) electrons. The second-order valence-corrected chi connectivity index (χ2v) is 15.4. The molecule has 1 N–H and O–H groups in total. The zero-order valence-electron chi connectivity index (χ0n) is 23.3. The monoisotopic (exact) mass is 477 g/mol. The number of allylic oxidation sites excluding steroid dienone is 3. The fraction of sp³-hybridized carbons (Fsp3) is 0.812. The van der Waals surface area contributed by atoms with E-state index in [-0.39, 0.29) is 50.6 Å². The molecular weight excluding hydrogens is 430 g/mol. The molecule has 0 amide bonds. The van der Waals surface area contributed by atoms with Gasteiger partial charge in [0, 0.05) is 17.8 Å². The molecule has 192 valence electrons. The Labute approximate surface area is 213 Å². The summed E-state index contributed by atoms with van der Waals surface area (Å²) >= 11 is 0. The third-order valence-electron chi connectivity index (χ3n) is 13.2. The lowest BCUT2D eigenvalue weighted by Gasteiger charge is -2.72. The average molecular weight is 478 g/mol. The Kier molecular flexibility index (Phi) is 5.21. The number of aliphatic hydroxyl groups excluding tert-OH is 1. The molecule has 5 aliphatic carbocycles. The minimum Gasteiger partial charge on any atom is -0.511 e. The SMILES string of the molecule is C=C[C@]12CCC(C)(C)C[C@H]1[C@H]1C(=O)C[C@@H]3[C@@]4(C)CC(C#N)=C(O)C(C)(C)[C@@H]4CC[C@@]3(C)[C@]1(C)CC2. The van der Waals surface area contributed by atoms with Crippen LogP contribution in [0, 0.1) is 67.5 Å². The van der Waals surface area contributed by atoms with Gasteiger partial charge in [-0.3, -0.25) is 4.79 Å². The van der Waals surface area contributed by atoms with Gasteiger partial charge in [-0.15, -0.1) is 6.58 Å². The molecule has 3 nitrogen and oxygen atoms in total. The lowest BCUT2D eigenvalue weighted by Crippen LogP contribution is -2.68. The number of hydrogen-bond donors (Lipinski definition) is 1. The van der Waals surface area contributed by atoms with Crippen molar-refractivity contribution in [2.24, 2.45) is 56.2 Å². The molecule has 4 saturated carbocycles. The van der Waals surface area contributed by atoms with E-state index >= 15 is 0 Å². The molecule has 0 bridgehead atoms. The number of Topliss-reactive ketones (excluding diaryl/α,β-unsaturated/α-hetero) is 1. The molecule has 3 heteroatoms. The smallest absolute Gasteiger partial charge is 0.137 e. The standard InChI is InChI=1S/C32H47NO2/c1-9-32-14-12-27(2,3)18-21(32)25-22(34)16-24-29(6)17-20(19-33)26(35)28(4,5)23(29)10-11-30(24,7)31(25,8)13-15-32/h9,21,23-25,35H,1,10-18H2,2-8H3/t21-,23-,24+,25-,29-,30+,31+,32+/m0/s1. The molecule has 8 atom stereocenters. The van der Waals surface area contributed by atoms with Crippen LogP contribution in [0.25, 0.3) is 0 Å². The first-order chi connectivity index (χ1) is 16.1. The van der Waals surface area contributed by atoms with E-state index < -0.39 is 5.41 Å². The van der Waals surface area contributed by atoms with E-state index in [1.165, 1.54) is 6.42 Å². The van der Waals surface area contributed by atoms with Gasteiger partial charge < -0.3 is 5.11 Å². The Bertz CT molecular complexity index is 1040. The van der Waals surface area contributed by atoms with Gasteiger partial charge in [0.05, 0.1) is 11.6 Å². The van der Waals surface area contributed by atoms with Gasteiger partial charge in [0.25, 0.3) is 0 Å². The van der Waals surface area contributed by atoms with Crippen LogP contribution in [0.4, 0.5) is 0 Å². The lowest BCUT2D eigenvalue weighted by molar-refractivity contribution is -0.226. The van der Waals surface area contributed by atoms with E-state index in [0.717, 1.165) is 38.5 Å².